The number of pyridine rings is 1. The Balaban J connectivity index is 1.97. The molecule has 9 nitrogen and oxygen atoms in total. The lowest BCUT2D eigenvalue weighted by Gasteiger charge is -2.14. The Bertz CT molecular complexity index is 1310. The van der Waals surface area contributed by atoms with Gasteiger partial charge in [0.2, 0.25) is 0 Å². The Labute approximate surface area is 203 Å². The standard InChI is InChI=1S/C23H19Cl2N3O6/c24-16-7-6-14(8-17(16)25)9-26-21(32)15-12-28(11-13-4-2-1-3-5-13)23(34)19(20(15)31)22(33)27-10-18(29)30/h1-8,12,31H,9-11H2,(H,26,32)(H,27,33)(H,29,30). The van der Waals surface area contributed by atoms with Crippen LogP contribution in [0.4, 0.5) is 0 Å². The number of carboxylic acids is 1. The maximum atomic E-state index is 12.9. The van der Waals surface area contributed by atoms with Crippen molar-refractivity contribution in [3.8, 4) is 5.75 Å². The number of hydrogen-bond acceptors (Lipinski definition) is 5. The molecule has 4 N–H and O–H groups in total. The molecule has 0 spiro atoms. The average Bonchev–Trinajstić information content (AvgIpc) is 2.80. The fourth-order valence-electron chi connectivity index (χ4n) is 3.09. The summed E-state index contributed by atoms with van der Waals surface area (Å²) in [4.78, 5) is 49.1. The van der Waals surface area contributed by atoms with Crippen LogP contribution in [0.5, 0.6) is 5.75 Å². The van der Waals surface area contributed by atoms with Gasteiger partial charge in [0.25, 0.3) is 17.4 Å². The molecule has 3 aromatic rings. The van der Waals surface area contributed by atoms with E-state index in [1.807, 2.05) is 5.32 Å². The molecular weight excluding hydrogens is 485 g/mol. The number of amides is 2. The zero-order chi connectivity index (χ0) is 24.8. The number of carbonyl (C=O) groups is 3. The Morgan fingerprint density at radius 2 is 1.62 bits per heavy atom. The molecule has 2 aromatic carbocycles. The molecule has 176 valence electrons. The summed E-state index contributed by atoms with van der Waals surface area (Å²) in [7, 11) is 0. The zero-order valence-electron chi connectivity index (χ0n) is 17.5. The van der Waals surface area contributed by atoms with E-state index in [2.05, 4.69) is 5.32 Å². The summed E-state index contributed by atoms with van der Waals surface area (Å²) in [6.45, 7) is -0.746. The van der Waals surface area contributed by atoms with Crippen LogP contribution in [0.1, 0.15) is 31.8 Å². The molecule has 0 fully saturated rings. The van der Waals surface area contributed by atoms with Gasteiger partial charge in [-0.3, -0.25) is 19.2 Å². The van der Waals surface area contributed by atoms with Crippen molar-refractivity contribution in [3.05, 3.63) is 97.4 Å². The molecule has 34 heavy (non-hydrogen) atoms. The molecular formula is C23H19Cl2N3O6. The first kappa shape index (κ1) is 24.8. The van der Waals surface area contributed by atoms with E-state index in [1.165, 1.54) is 0 Å². The second-order valence-electron chi connectivity index (χ2n) is 7.19. The Morgan fingerprint density at radius 3 is 2.26 bits per heavy atom. The lowest BCUT2D eigenvalue weighted by Crippen LogP contribution is -2.37. The monoisotopic (exact) mass is 503 g/mol. The smallest absolute Gasteiger partial charge is 0.322 e. The van der Waals surface area contributed by atoms with Gasteiger partial charge >= 0.3 is 5.97 Å². The van der Waals surface area contributed by atoms with Gasteiger partial charge in [0.15, 0.2) is 0 Å². The van der Waals surface area contributed by atoms with Crippen LogP contribution in [-0.4, -0.2) is 39.1 Å². The van der Waals surface area contributed by atoms with Crippen LogP contribution in [0.3, 0.4) is 0 Å². The zero-order valence-corrected chi connectivity index (χ0v) is 19.1. The van der Waals surface area contributed by atoms with Crippen LogP contribution >= 0.6 is 23.2 Å². The predicted octanol–water partition coefficient (Wildman–Crippen LogP) is 2.65. The van der Waals surface area contributed by atoms with Crippen LogP contribution in [0.15, 0.2) is 59.5 Å². The van der Waals surface area contributed by atoms with Gasteiger partial charge in [-0.15, -0.1) is 0 Å². The quantitative estimate of drug-likeness (QED) is 0.372. The fourth-order valence-corrected chi connectivity index (χ4v) is 3.42. The van der Waals surface area contributed by atoms with E-state index in [0.717, 1.165) is 10.8 Å². The van der Waals surface area contributed by atoms with Gasteiger partial charge in [-0.1, -0.05) is 59.6 Å². The molecule has 3 rings (SSSR count). The molecule has 1 heterocycles. The lowest BCUT2D eigenvalue weighted by molar-refractivity contribution is -0.135. The van der Waals surface area contributed by atoms with Gasteiger partial charge in [0.05, 0.1) is 22.2 Å². The first-order valence-corrected chi connectivity index (χ1v) is 10.7. The third-order valence-corrected chi connectivity index (χ3v) is 5.50. The topological polar surface area (TPSA) is 138 Å². The minimum absolute atomic E-state index is 0.00619. The van der Waals surface area contributed by atoms with Crippen molar-refractivity contribution >= 4 is 41.0 Å². The van der Waals surface area contributed by atoms with Gasteiger partial charge in [-0.2, -0.15) is 0 Å². The Kier molecular flexibility index (Phi) is 7.93. The number of aromatic hydroxyl groups is 1. The third-order valence-electron chi connectivity index (χ3n) is 4.76. The molecule has 0 unspecified atom stereocenters. The van der Waals surface area contributed by atoms with Crippen molar-refractivity contribution in [3.63, 3.8) is 0 Å². The van der Waals surface area contributed by atoms with Crippen LogP contribution in [0.2, 0.25) is 10.0 Å². The first-order valence-electron chi connectivity index (χ1n) is 9.89. The molecule has 1 aromatic heterocycles. The number of nitrogens with zero attached hydrogens (tertiary/aromatic N) is 1. The highest BCUT2D eigenvalue weighted by Crippen LogP contribution is 2.23. The maximum Gasteiger partial charge on any atom is 0.322 e. The van der Waals surface area contributed by atoms with Crippen molar-refractivity contribution in [2.24, 2.45) is 0 Å². The van der Waals surface area contributed by atoms with E-state index in [-0.39, 0.29) is 18.7 Å². The van der Waals surface area contributed by atoms with Gasteiger partial charge < -0.3 is 25.4 Å². The highest BCUT2D eigenvalue weighted by Gasteiger charge is 2.25. The van der Waals surface area contributed by atoms with E-state index < -0.39 is 41.2 Å². The molecule has 0 saturated heterocycles. The van der Waals surface area contributed by atoms with E-state index in [0.29, 0.717) is 21.2 Å². The Hall–Kier alpha value is -3.82. The largest absolute Gasteiger partial charge is 0.506 e. The minimum atomic E-state index is -1.34. The SMILES string of the molecule is O=C(O)CNC(=O)c1c(O)c(C(=O)NCc2ccc(Cl)c(Cl)c2)cn(Cc2ccccc2)c1=O. The highest BCUT2D eigenvalue weighted by molar-refractivity contribution is 6.42. The van der Waals surface area contributed by atoms with Gasteiger partial charge in [0.1, 0.15) is 17.9 Å². The summed E-state index contributed by atoms with van der Waals surface area (Å²) in [5, 5.41) is 24.7. The molecule has 0 saturated carbocycles. The van der Waals surface area contributed by atoms with Crippen molar-refractivity contribution < 1.29 is 24.6 Å². The number of aromatic nitrogens is 1. The number of halogens is 2. The molecule has 0 radical (unpaired) electrons. The summed E-state index contributed by atoms with van der Waals surface area (Å²) < 4.78 is 1.10. The van der Waals surface area contributed by atoms with Crippen molar-refractivity contribution in [1.82, 2.24) is 15.2 Å². The number of carboxylic acid groups (broad SMARTS) is 1. The summed E-state index contributed by atoms with van der Waals surface area (Å²) in [5.74, 6) is -4.08. The summed E-state index contributed by atoms with van der Waals surface area (Å²) >= 11 is 11.9. The van der Waals surface area contributed by atoms with Crippen molar-refractivity contribution in [1.29, 1.82) is 0 Å². The molecule has 0 atom stereocenters. The fraction of sp³-hybridized carbons (Fsp3) is 0.130. The van der Waals surface area contributed by atoms with E-state index in [1.54, 1.807) is 48.5 Å². The van der Waals surface area contributed by atoms with Gasteiger partial charge in [-0.25, -0.2) is 0 Å². The van der Waals surface area contributed by atoms with Crippen LogP contribution in [0.25, 0.3) is 0 Å². The minimum Gasteiger partial charge on any atom is -0.506 e. The number of rotatable bonds is 8. The summed E-state index contributed by atoms with van der Waals surface area (Å²) in [6.07, 6.45) is 1.14. The number of aliphatic carboxylic acids is 1. The van der Waals surface area contributed by atoms with E-state index >= 15 is 0 Å². The molecule has 0 aliphatic rings. The second-order valence-corrected chi connectivity index (χ2v) is 8.01. The lowest BCUT2D eigenvalue weighted by atomic mass is 10.1. The predicted molar refractivity (Wildman–Crippen MR) is 126 cm³/mol. The number of carbonyl (C=O) groups excluding carboxylic acids is 2. The first-order chi connectivity index (χ1) is 16.2. The van der Waals surface area contributed by atoms with Crippen molar-refractivity contribution in [2.75, 3.05) is 6.54 Å². The second kappa shape index (κ2) is 10.9. The summed E-state index contributed by atoms with van der Waals surface area (Å²) in [5.41, 5.74) is -0.630. The van der Waals surface area contributed by atoms with Crippen LogP contribution < -0.4 is 16.2 Å². The number of benzene rings is 2. The molecule has 11 heteroatoms. The number of hydrogen-bond donors (Lipinski definition) is 4. The maximum absolute atomic E-state index is 12.9. The molecule has 0 aliphatic heterocycles. The average molecular weight is 504 g/mol. The molecule has 0 bridgehead atoms. The molecule has 2 amide bonds. The van der Waals surface area contributed by atoms with Crippen molar-refractivity contribution in [2.45, 2.75) is 13.1 Å². The van der Waals surface area contributed by atoms with E-state index in [9.17, 15) is 24.3 Å². The van der Waals surface area contributed by atoms with Crippen LogP contribution in [0, 0.1) is 0 Å². The highest BCUT2D eigenvalue weighted by atomic mass is 35.5. The number of nitrogens with one attached hydrogen (secondary N) is 2. The Morgan fingerprint density at radius 1 is 0.912 bits per heavy atom. The van der Waals surface area contributed by atoms with Gasteiger partial charge in [0, 0.05) is 12.7 Å². The molecule has 0 aliphatic carbocycles. The normalized spacial score (nSPS) is 10.5. The van der Waals surface area contributed by atoms with E-state index in [4.69, 9.17) is 28.3 Å². The third kappa shape index (κ3) is 5.94. The van der Waals surface area contributed by atoms with Gasteiger partial charge in [-0.05, 0) is 23.3 Å². The summed E-state index contributed by atoms with van der Waals surface area (Å²) in [6, 6.07) is 13.6. The van der Waals surface area contributed by atoms with Crippen LogP contribution in [-0.2, 0) is 17.9 Å².